The minimum Gasteiger partial charge on any atom is -0.308 e. The average Bonchev–Trinajstić information content (AvgIpc) is 3.24. The Balaban J connectivity index is 1.60. The van der Waals surface area contributed by atoms with Gasteiger partial charge in [-0.15, -0.1) is 5.10 Å². The van der Waals surface area contributed by atoms with Crippen molar-refractivity contribution in [2.75, 3.05) is 4.90 Å². The Hall–Kier alpha value is -2.67. The molecule has 0 bridgehead atoms. The largest absolute Gasteiger partial charge is 0.308 e. The molecule has 0 saturated carbocycles. The molecule has 1 aliphatic rings. The number of anilines is 1. The number of hydrogen-bond donors (Lipinski definition) is 0. The minimum absolute atomic E-state index is 0.0819. The van der Waals surface area contributed by atoms with Gasteiger partial charge in [0.25, 0.3) is 0 Å². The van der Waals surface area contributed by atoms with Gasteiger partial charge in [-0.05, 0) is 67.3 Å². The first-order valence-corrected chi connectivity index (χ1v) is 10.3. The number of benzene rings is 2. The van der Waals surface area contributed by atoms with E-state index in [4.69, 9.17) is 0 Å². The number of carbonyl (C=O) groups is 1. The third-order valence-electron chi connectivity index (χ3n) is 5.17. The summed E-state index contributed by atoms with van der Waals surface area (Å²) in [4.78, 5) is 15.2. The number of aryl methyl sites for hydroxylation is 2. The van der Waals surface area contributed by atoms with Crippen molar-refractivity contribution in [3.05, 3.63) is 59.2 Å². The van der Waals surface area contributed by atoms with Gasteiger partial charge in [0.05, 0.1) is 10.9 Å². The first-order chi connectivity index (χ1) is 13.5. The first kappa shape index (κ1) is 18.7. The average molecular weight is 394 g/mol. The predicted molar refractivity (Wildman–Crippen MR) is 111 cm³/mol. The summed E-state index contributed by atoms with van der Waals surface area (Å²) in [6.45, 7) is 8.09. The van der Waals surface area contributed by atoms with Crippen LogP contribution in [0.25, 0.3) is 5.69 Å². The standard InChI is InChI=1S/C21H23N5OS/c1-13-8-7-9-14(2)19(13)26-21(22-23-24-26)28-16(4)20(27)25-15(3)12-17-10-5-6-11-18(17)25/h5-11,15-16H,12H2,1-4H3/t15-,16-/m0/s1. The molecule has 1 amide bonds. The summed E-state index contributed by atoms with van der Waals surface area (Å²) in [6, 6.07) is 14.4. The second-order valence-corrected chi connectivity index (χ2v) is 8.57. The van der Waals surface area contributed by atoms with Crippen molar-refractivity contribution in [1.82, 2.24) is 20.2 Å². The molecule has 0 radical (unpaired) electrons. The highest BCUT2D eigenvalue weighted by Crippen LogP contribution is 2.35. The van der Waals surface area contributed by atoms with Gasteiger partial charge in [-0.25, -0.2) is 0 Å². The van der Waals surface area contributed by atoms with Crippen LogP contribution < -0.4 is 4.90 Å². The lowest BCUT2D eigenvalue weighted by Crippen LogP contribution is -2.40. The number of thioether (sulfide) groups is 1. The zero-order chi connectivity index (χ0) is 19.8. The molecule has 4 rings (SSSR count). The van der Waals surface area contributed by atoms with Gasteiger partial charge in [-0.3, -0.25) is 4.79 Å². The number of amides is 1. The van der Waals surface area contributed by atoms with E-state index in [1.54, 1.807) is 4.68 Å². The molecule has 0 aliphatic carbocycles. The van der Waals surface area contributed by atoms with Gasteiger partial charge < -0.3 is 4.90 Å². The zero-order valence-electron chi connectivity index (χ0n) is 16.5. The Morgan fingerprint density at radius 2 is 1.86 bits per heavy atom. The number of para-hydroxylation sites is 2. The molecular formula is C21H23N5OS. The number of rotatable bonds is 4. The van der Waals surface area contributed by atoms with Crippen LogP contribution in [0.15, 0.2) is 47.6 Å². The molecule has 2 heterocycles. The summed E-state index contributed by atoms with van der Waals surface area (Å²) in [5, 5.41) is 12.5. The van der Waals surface area contributed by atoms with E-state index in [1.807, 2.05) is 62.1 Å². The van der Waals surface area contributed by atoms with Crippen LogP contribution in [0.1, 0.15) is 30.5 Å². The fourth-order valence-corrected chi connectivity index (χ4v) is 4.68. The van der Waals surface area contributed by atoms with Crippen LogP contribution in [0, 0.1) is 13.8 Å². The molecule has 1 aliphatic heterocycles. The van der Waals surface area contributed by atoms with Gasteiger partial charge in [0.2, 0.25) is 11.1 Å². The van der Waals surface area contributed by atoms with Gasteiger partial charge in [0.1, 0.15) is 0 Å². The van der Waals surface area contributed by atoms with Crippen LogP contribution in [0.5, 0.6) is 0 Å². The number of carbonyl (C=O) groups excluding carboxylic acids is 1. The fraction of sp³-hybridized carbons (Fsp3) is 0.333. The molecule has 6 nitrogen and oxygen atoms in total. The zero-order valence-corrected chi connectivity index (χ0v) is 17.3. The Labute approximate surface area is 168 Å². The summed E-state index contributed by atoms with van der Waals surface area (Å²) in [5.74, 6) is 0.0819. The van der Waals surface area contributed by atoms with Gasteiger partial charge >= 0.3 is 0 Å². The van der Waals surface area contributed by atoms with Gasteiger partial charge in [0, 0.05) is 11.7 Å². The first-order valence-electron chi connectivity index (χ1n) is 9.40. The maximum atomic E-state index is 13.3. The van der Waals surface area contributed by atoms with Crippen LogP contribution in [-0.4, -0.2) is 37.4 Å². The monoisotopic (exact) mass is 393 g/mol. The van der Waals surface area contributed by atoms with Crippen molar-refractivity contribution in [2.24, 2.45) is 0 Å². The molecule has 7 heteroatoms. The lowest BCUT2D eigenvalue weighted by molar-refractivity contribution is -0.118. The van der Waals surface area contributed by atoms with Crippen molar-refractivity contribution < 1.29 is 4.79 Å². The molecule has 0 spiro atoms. The van der Waals surface area contributed by atoms with E-state index in [1.165, 1.54) is 17.3 Å². The summed E-state index contributed by atoms with van der Waals surface area (Å²) in [7, 11) is 0. The molecule has 0 saturated heterocycles. The SMILES string of the molecule is Cc1cccc(C)c1-n1nnnc1S[C@@H](C)C(=O)N1c2ccccc2C[C@@H]1C. The molecule has 2 atom stereocenters. The number of tetrazole rings is 1. The molecule has 0 N–H and O–H groups in total. The Bertz CT molecular complexity index is 1010. The Kier molecular flexibility index (Phi) is 4.93. The normalized spacial score (nSPS) is 16.9. The van der Waals surface area contributed by atoms with Gasteiger partial charge in [0.15, 0.2) is 0 Å². The summed E-state index contributed by atoms with van der Waals surface area (Å²) in [6.07, 6.45) is 0.888. The van der Waals surface area contributed by atoms with Gasteiger partial charge in [-0.2, -0.15) is 4.68 Å². The Morgan fingerprint density at radius 1 is 1.14 bits per heavy atom. The quantitative estimate of drug-likeness (QED) is 0.632. The lowest BCUT2D eigenvalue weighted by Gasteiger charge is -2.25. The highest BCUT2D eigenvalue weighted by Gasteiger charge is 2.34. The second-order valence-electron chi connectivity index (χ2n) is 7.26. The van der Waals surface area contributed by atoms with E-state index in [0.29, 0.717) is 5.16 Å². The van der Waals surface area contributed by atoms with Gasteiger partial charge in [-0.1, -0.05) is 48.2 Å². The van der Waals surface area contributed by atoms with Crippen LogP contribution in [0.2, 0.25) is 0 Å². The van der Waals surface area contributed by atoms with Crippen LogP contribution >= 0.6 is 11.8 Å². The maximum absolute atomic E-state index is 13.3. The molecule has 3 aromatic rings. The number of fused-ring (bicyclic) bond motifs is 1. The third-order valence-corrected chi connectivity index (χ3v) is 6.19. The third kappa shape index (κ3) is 3.20. The van der Waals surface area contributed by atoms with Crippen molar-refractivity contribution in [2.45, 2.75) is 50.6 Å². The second kappa shape index (κ2) is 7.39. The molecule has 0 fully saturated rings. The van der Waals surface area contributed by atoms with E-state index >= 15 is 0 Å². The van der Waals surface area contributed by atoms with E-state index < -0.39 is 0 Å². The predicted octanol–water partition coefficient (Wildman–Crippen LogP) is 3.74. The van der Waals surface area contributed by atoms with Crippen LogP contribution in [-0.2, 0) is 11.2 Å². The topological polar surface area (TPSA) is 63.9 Å². The number of nitrogens with zero attached hydrogens (tertiary/aromatic N) is 5. The number of aromatic nitrogens is 4. The molecule has 0 unspecified atom stereocenters. The van der Waals surface area contributed by atoms with Crippen molar-refractivity contribution >= 4 is 23.4 Å². The highest BCUT2D eigenvalue weighted by molar-refractivity contribution is 8.00. The molecule has 2 aromatic carbocycles. The van der Waals surface area contributed by atoms with Crippen LogP contribution in [0.4, 0.5) is 5.69 Å². The summed E-state index contributed by atoms with van der Waals surface area (Å²) >= 11 is 1.40. The van der Waals surface area contributed by atoms with Crippen molar-refractivity contribution in [3.63, 3.8) is 0 Å². The molecular weight excluding hydrogens is 370 g/mol. The van der Waals surface area contributed by atoms with Crippen molar-refractivity contribution in [1.29, 1.82) is 0 Å². The molecule has 144 valence electrons. The van der Waals surface area contributed by atoms with Crippen LogP contribution in [0.3, 0.4) is 0 Å². The lowest BCUT2D eigenvalue weighted by atomic mass is 10.1. The molecule has 1 aromatic heterocycles. The highest BCUT2D eigenvalue weighted by atomic mass is 32.2. The smallest absolute Gasteiger partial charge is 0.240 e. The number of hydrogen-bond acceptors (Lipinski definition) is 5. The van der Waals surface area contributed by atoms with E-state index in [9.17, 15) is 4.79 Å². The van der Waals surface area contributed by atoms with Crippen molar-refractivity contribution in [3.8, 4) is 5.69 Å². The summed E-state index contributed by atoms with van der Waals surface area (Å²) < 4.78 is 1.74. The fourth-order valence-electron chi connectivity index (χ4n) is 3.84. The molecule has 28 heavy (non-hydrogen) atoms. The maximum Gasteiger partial charge on any atom is 0.240 e. The Morgan fingerprint density at radius 3 is 2.61 bits per heavy atom. The van der Waals surface area contributed by atoms with E-state index in [-0.39, 0.29) is 17.2 Å². The van der Waals surface area contributed by atoms with E-state index in [2.05, 4.69) is 28.5 Å². The summed E-state index contributed by atoms with van der Waals surface area (Å²) in [5.41, 5.74) is 5.39. The van der Waals surface area contributed by atoms with E-state index in [0.717, 1.165) is 28.9 Å². The minimum atomic E-state index is -0.303.